The van der Waals surface area contributed by atoms with Crippen LogP contribution in [0.2, 0.25) is 0 Å². The first-order valence-electron chi connectivity index (χ1n) is 9.27. The summed E-state index contributed by atoms with van der Waals surface area (Å²) in [6.45, 7) is -0.114. The fraction of sp³-hybridized carbons (Fsp3) is 0.120. The molecule has 5 heteroatoms. The van der Waals surface area contributed by atoms with E-state index in [1.165, 1.54) is 4.31 Å². The summed E-state index contributed by atoms with van der Waals surface area (Å²) in [4.78, 5) is 0.167. The van der Waals surface area contributed by atoms with Crippen molar-refractivity contribution in [2.24, 2.45) is 0 Å². The minimum atomic E-state index is -3.87. The van der Waals surface area contributed by atoms with Crippen LogP contribution in [0, 0.1) is 24.2 Å². The van der Waals surface area contributed by atoms with Crippen LogP contribution in [-0.2, 0) is 10.0 Å². The maximum absolute atomic E-state index is 13.4. The third-order valence-corrected chi connectivity index (χ3v) is 6.27. The standard InChI is InChI=1S/C25H21NO3S/c1-3-20-26(30(27,28)24-12-8-5-9-13-24)25(19-14-21-10-6-4-7-11-21)22-15-17-23(29-2)18-16-22/h1,4-13,15-18,25H,20H2,2H3. The van der Waals surface area contributed by atoms with Crippen molar-refractivity contribution in [3.63, 3.8) is 0 Å². The third kappa shape index (κ3) is 4.90. The molecule has 30 heavy (non-hydrogen) atoms. The van der Waals surface area contributed by atoms with Gasteiger partial charge in [-0.2, -0.15) is 4.31 Å². The van der Waals surface area contributed by atoms with Gasteiger partial charge in [-0.05, 0) is 42.0 Å². The minimum Gasteiger partial charge on any atom is -0.497 e. The van der Waals surface area contributed by atoms with Crippen LogP contribution >= 0.6 is 0 Å². The van der Waals surface area contributed by atoms with E-state index in [-0.39, 0.29) is 11.4 Å². The van der Waals surface area contributed by atoms with Crippen LogP contribution in [0.4, 0.5) is 0 Å². The Labute approximate surface area is 178 Å². The zero-order valence-electron chi connectivity index (χ0n) is 16.5. The highest BCUT2D eigenvalue weighted by Gasteiger charge is 2.31. The molecule has 3 rings (SSSR count). The van der Waals surface area contributed by atoms with Crippen LogP contribution in [0.15, 0.2) is 89.8 Å². The number of nitrogens with zero attached hydrogens (tertiary/aromatic N) is 1. The van der Waals surface area contributed by atoms with E-state index in [2.05, 4.69) is 17.8 Å². The summed E-state index contributed by atoms with van der Waals surface area (Å²) in [5.74, 6) is 9.33. The second-order valence-electron chi connectivity index (χ2n) is 6.38. The lowest BCUT2D eigenvalue weighted by Gasteiger charge is -2.26. The summed E-state index contributed by atoms with van der Waals surface area (Å²) in [5.41, 5.74) is 1.49. The molecule has 1 unspecified atom stereocenters. The molecular weight excluding hydrogens is 394 g/mol. The van der Waals surface area contributed by atoms with Gasteiger partial charge >= 0.3 is 0 Å². The van der Waals surface area contributed by atoms with E-state index in [1.807, 2.05) is 30.3 Å². The summed E-state index contributed by atoms with van der Waals surface area (Å²) in [6, 6.07) is 24.0. The average Bonchev–Trinajstić information content (AvgIpc) is 2.80. The molecule has 3 aromatic carbocycles. The van der Waals surface area contributed by atoms with Crippen molar-refractivity contribution in [2.75, 3.05) is 13.7 Å². The highest BCUT2D eigenvalue weighted by atomic mass is 32.2. The zero-order valence-corrected chi connectivity index (χ0v) is 17.3. The molecule has 0 saturated heterocycles. The van der Waals surface area contributed by atoms with Crippen molar-refractivity contribution >= 4 is 10.0 Å². The summed E-state index contributed by atoms with van der Waals surface area (Å²) >= 11 is 0. The van der Waals surface area contributed by atoms with Gasteiger partial charge in [-0.1, -0.05) is 66.3 Å². The van der Waals surface area contributed by atoms with E-state index in [4.69, 9.17) is 11.2 Å². The fourth-order valence-electron chi connectivity index (χ4n) is 2.91. The number of ether oxygens (including phenoxy) is 1. The van der Waals surface area contributed by atoms with Crippen molar-refractivity contribution in [2.45, 2.75) is 10.9 Å². The first kappa shape index (κ1) is 21.2. The largest absolute Gasteiger partial charge is 0.497 e. The molecule has 0 N–H and O–H groups in total. The average molecular weight is 416 g/mol. The number of sulfonamides is 1. The van der Waals surface area contributed by atoms with Gasteiger partial charge in [0.2, 0.25) is 10.0 Å². The van der Waals surface area contributed by atoms with Gasteiger partial charge < -0.3 is 4.74 Å². The molecular formula is C25H21NO3S. The molecule has 150 valence electrons. The number of benzene rings is 3. The number of methoxy groups -OCH3 is 1. The van der Waals surface area contributed by atoms with Gasteiger partial charge in [0.1, 0.15) is 11.8 Å². The van der Waals surface area contributed by atoms with E-state index < -0.39 is 16.1 Å². The number of hydrogen-bond acceptors (Lipinski definition) is 3. The van der Waals surface area contributed by atoms with Gasteiger partial charge in [0.15, 0.2) is 0 Å². The molecule has 4 nitrogen and oxygen atoms in total. The first-order valence-corrected chi connectivity index (χ1v) is 10.7. The number of hydrogen-bond donors (Lipinski definition) is 0. The summed E-state index contributed by atoms with van der Waals surface area (Å²) in [6.07, 6.45) is 5.55. The van der Waals surface area contributed by atoms with Gasteiger partial charge in [0.05, 0.1) is 18.6 Å². The van der Waals surface area contributed by atoms with Crippen molar-refractivity contribution < 1.29 is 13.2 Å². The second-order valence-corrected chi connectivity index (χ2v) is 8.27. The second kappa shape index (κ2) is 9.80. The van der Waals surface area contributed by atoms with Crippen LogP contribution in [0.5, 0.6) is 5.75 Å². The van der Waals surface area contributed by atoms with Crippen molar-refractivity contribution in [1.82, 2.24) is 4.31 Å². The molecule has 0 radical (unpaired) electrons. The lowest BCUT2D eigenvalue weighted by Crippen LogP contribution is -2.34. The molecule has 3 aromatic rings. The molecule has 0 heterocycles. The Morgan fingerprint density at radius 1 is 0.933 bits per heavy atom. The highest BCUT2D eigenvalue weighted by molar-refractivity contribution is 7.89. The topological polar surface area (TPSA) is 46.6 Å². The fourth-order valence-corrected chi connectivity index (χ4v) is 4.38. The van der Waals surface area contributed by atoms with E-state index in [9.17, 15) is 8.42 Å². The lowest BCUT2D eigenvalue weighted by atomic mass is 10.1. The Balaban J connectivity index is 2.12. The van der Waals surface area contributed by atoms with Crippen molar-refractivity contribution in [3.05, 3.63) is 96.1 Å². The highest BCUT2D eigenvalue weighted by Crippen LogP contribution is 2.28. The van der Waals surface area contributed by atoms with Crippen LogP contribution in [0.25, 0.3) is 0 Å². The van der Waals surface area contributed by atoms with Gasteiger partial charge in [0.25, 0.3) is 0 Å². The maximum Gasteiger partial charge on any atom is 0.245 e. The SMILES string of the molecule is C#CCN(C(C#Cc1ccccc1)c1ccc(OC)cc1)S(=O)(=O)c1ccccc1. The number of terminal acetylenes is 1. The van der Waals surface area contributed by atoms with Gasteiger partial charge in [-0.15, -0.1) is 6.42 Å². The normalized spacial score (nSPS) is 11.8. The quantitative estimate of drug-likeness (QED) is 0.569. The zero-order chi connectivity index (χ0) is 21.4. The number of rotatable bonds is 6. The Morgan fingerprint density at radius 3 is 2.10 bits per heavy atom. The van der Waals surface area contributed by atoms with Crippen LogP contribution in [-0.4, -0.2) is 26.4 Å². The summed E-state index contributed by atoms with van der Waals surface area (Å²) in [5, 5.41) is 0. The Kier molecular flexibility index (Phi) is 6.93. The molecule has 0 aliphatic rings. The molecule has 0 aliphatic heterocycles. The maximum atomic E-state index is 13.4. The van der Waals surface area contributed by atoms with Crippen molar-refractivity contribution in [3.8, 4) is 29.9 Å². The molecule has 0 spiro atoms. The van der Waals surface area contributed by atoms with Gasteiger partial charge in [0, 0.05) is 5.56 Å². The van der Waals surface area contributed by atoms with E-state index >= 15 is 0 Å². The summed E-state index contributed by atoms with van der Waals surface area (Å²) < 4.78 is 33.3. The Bertz CT molecular complexity index is 1170. The van der Waals surface area contributed by atoms with E-state index in [0.29, 0.717) is 11.3 Å². The van der Waals surface area contributed by atoms with E-state index in [1.54, 1.807) is 61.7 Å². The molecule has 0 aromatic heterocycles. The van der Waals surface area contributed by atoms with Crippen LogP contribution in [0.1, 0.15) is 17.2 Å². The van der Waals surface area contributed by atoms with E-state index in [0.717, 1.165) is 5.56 Å². The van der Waals surface area contributed by atoms with Gasteiger partial charge in [-0.3, -0.25) is 0 Å². The molecule has 1 atom stereocenters. The monoisotopic (exact) mass is 415 g/mol. The predicted molar refractivity (Wildman–Crippen MR) is 118 cm³/mol. The van der Waals surface area contributed by atoms with Crippen LogP contribution < -0.4 is 4.74 Å². The Morgan fingerprint density at radius 2 is 1.53 bits per heavy atom. The van der Waals surface area contributed by atoms with Crippen LogP contribution in [0.3, 0.4) is 0 Å². The Hall–Kier alpha value is -3.51. The molecule has 0 amide bonds. The molecule has 0 aliphatic carbocycles. The lowest BCUT2D eigenvalue weighted by molar-refractivity contribution is 0.406. The molecule has 0 saturated carbocycles. The smallest absolute Gasteiger partial charge is 0.245 e. The third-order valence-electron chi connectivity index (χ3n) is 4.44. The minimum absolute atomic E-state index is 0.114. The molecule has 0 bridgehead atoms. The van der Waals surface area contributed by atoms with Crippen molar-refractivity contribution in [1.29, 1.82) is 0 Å². The first-order chi connectivity index (χ1) is 14.6. The molecule has 0 fully saturated rings. The summed E-state index contributed by atoms with van der Waals surface area (Å²) in [7, 11) is -2.30. The predicted octanol–water partition coefficient (Wildman–Crippen LogP) is 4.11. The van der Waals surface area contributed by atoms with Gasteiger partial charge in [-0.25, -0.2) is 8.42 Å².